The average molecular weight is 244 g/mol. The van der Waals surface area contributed by atoms with Gasteiger partial charge in [-0.2, -0.15) is 0 Å². The Balaban J connectivity index is 3.97. The highest BCUT2D eigenvalue weighted by molar-refractivity contribution is 5.74. The van der Waals surface area contributed by atoms with Crippen molar-refractivity contribution in [3.05, 3.63) is 0 Å². The molecule has 0 radical (unpaired) electrons. The summed E-state index contributed by atoms with van der Waals surface area (Å²) in [7, 11) is 0. The maximum Gasteiger partial charge on any atom is 0.315 e. The molecule has 0 rings (SSSR count). The molecule has 102 valence electrons. The first-order chi connectivity index (χ1) is 7.85. The number of hydrogen-bond donors (Lipinski definition) is 3. The molecule has 0 saturated carbocycles. The lowest BCUT2D eigenvalue weighted by Gasteiger charge is -2.21. The van der Waals surface area contributed by atoms with E-state index >= 15 is 0 Å². The van der Waals surface area contributed by atoms with Crippen molar-refractivity contribution in [2.75, 3.05) is 6.61 Å². The fraction of sp³-hybridized carbons (Fsp3) is 0.923. The topological polar surface area (TPSA) is 61.4 Å². The smallest absolute Gasteiger partial charge is 0.315 e. The van der Waals surface area contributed by atoms with E-state index in [0.29, 0.717) is 11.8 Å². The van der Waals surface area contributed by atoms with Crippen LogP contribution in [0.3, 0.4) is 0 Å². The summed E-state index contributed by atoms with van der Waals surface area (Å²) < 4.78 is 0. The van der Waals surface area contributed by atoms with Crippen LogP contribution in [-0.2, 0) is 0 Å². The summed E-state index contributed by atoms with van der Waals surface area (Å²) in [6, 6.07) is -0.174. The van der Waals surface area contributed by atoms with Gasteiger partial charge in [0.15, 0.2) is 0 Å². The predicted molar refractivity (Wildman–Crippen MR) is 70.9 cm³/mol. The standard InChI is InChI=1S/C13H28N2O2/c1-9(2)6-11(5)14-13(17)15-12(8-16)7-10(3)4/h9-12,16H,6-8H2,1-5H3,(H2,14,15,17). The lowest BCUT2D eigenvalue weighted by Crippen LogP contribution is -2.47. The van der Waals surface area contributed by atoms with Gasteiger partial charge in [-0.25, -0.2) is 4.79 Å². The number of aliphatic hydroxyl groups is 1. The van der Waals surface area contributed by atoms with Gasteiger partial charge in [-0.3, -0.25) is 0 Å². The highest BCUT2D eigenvalue weighted by Gasteiger charge is 2.14. The van der Waals surface area contributed by atoms with Crippen molar-refractivity contribution in [2.45, 2.75) is 59.5 Å². The van der Waals surface area contributed by atoms with Gasteiger partial charge in [0, 0.05) is 6.04 Å². The number of hydrogen-bond acceptors (Lipinski definition) is 2. The highest BCUT2D eigenvalue weighted by atomic mass is 16.3. The zero-order chi connectivity index (χ0) is 13.4. The number of nitrogens with one attached hydrogen (secondary N) is 2. The minimum absolute atomic E-state index is 0.00976. The van der Waals surface area contributed by atoms with E-state index in [-0.39, 0.29) is 24.7 Å². The first-order valence-corrected chi connectivity index (χ1v) is 6.53. The van der Waals surface area contributed by atoms with Crippen LogP contribution in [0.25, 0.3) is 0 Å². The van der Waals surface area contributed by atoms with E-state index in [1.165, 1.54) is 0 Å². The van der Waals surface area contributed by atoms with Crippen LogP contribution in [0.15, 0.2) is 0 Å². The molecule has 0 fully saturated rings. The van der Waals surface area contributed by atoms with Gasteiger partial charge in [0.2, 0.25) is 0 Å². The number of aliphatic hydroxyl groups excluding tert-OH is 1. The summed E-state index contributed by atoms with van der Waals surface area (Å²) in [5.41, 5.74) is 0. The van der Waals surface area contributed by atoms with Crippen molar-refractivity contribution in [1.82, 2.24) is 10.6 Å². The first-order valence-electron chi connectivity index (χ1n) is 6.53. The molecule has 4 heteroatoms. The second kappa shape index (κ2) is 8.34. The van der Waals surface area contributed by atoms with E-state index < -0.39 is 0 Å². The third-order valence-electron chi connectivity index (χ3n) is 2.51. The maximum absolute atomic E-state index is 11.7. The molecule has 3 N–H and O–H groups in total. The fourth-order valence-corrected chi connectivity index (χ4v) is 1.97. The Labute approximate surface area is 105 Å². The second-order valence-corrected chi connectivity index (χ2v) is 5.66. The molecule has 17 heavy (non-hydrogen) atoms. The molecule has 0 aliphatic heterocycles. The minimum Gasteiger partial charge on any atom is -0.394 e. The Hall–Kier alpha value is -0.770. The Bertz CT molecular complexity index is 217. The summed E-state index contributed by atoms with van der Waals surface area (Å²) in [4.78, 5) is 11.7. The largest absolute Gasteiger partial charge is 0.394 e. The van der Waals surface area contributed by atoms with Crippen LogP contribution in [0.5, 0.6) is 0 Å². The van der Waals surface area contributed by atoms with Gasteiger partial charge < -0.3 is 15.7 Å². The normalized spacial score (nSPS) is 14.8. The average Bonchev–Trinajstić information content (AvgIpc) is 2.13. The SMILES string of the molecule is CC(C)CC(C)NC(=O)NC(CO)CC(C)C. The fourth-order valence-electron chi connectivity index (χ4n) is 1.97. The van der Waals surface area contributed by atoms with Gasteiger partial charge in [-0.15, -0.1) is 0 Å². The van der Waals surface area contributed by atoms with Crippen LogP contribution >= 0.6 is 0 Å². The molecular weight excluding hydrogens is 216 g/mol. The summed E-state index contributed by atoms with van der Waals surface area (Å²) in [5.74, 6) is 1.02. The summed E-state index contributed by atoms with van der Waals surface area (Å²) in [6.07, 6.45) is 1.75. The molecule has 4 nitrogen and oxygen atoms in total. The third kappa shape index (κ3) is 8.98. The molecule has 2 unspecified atom stereocenters. The summed E-state index contributed by atoms with van der Waals surface area (Å²) in [6.45, 7) is 10.4. The van der Waals surface area contributed by atoms with E-state index in [9.17, 15) is 4.79 Å². The minimum atomic E-state index is -0.183. The van der Waals surface area contributed by atoms with Gasteiger partial charge in [-0.05, 0) is 31.6 Å². The quantitative estimate of drug-likeness (QED) is 0.642. The number of rotatable bonds is 7. The van der Waals surface area contributed by atoms with E-state index in [1.54, 1.807) is 0 Å². The summed E-state index contributed by atoms with van der Waals surface area (Å²) >= 11 is 0. The van der Waals surface area contributed by atoms with E-state index in [4.69, 9.17) is 5.11 Å². The van der Waals surface area contributed by atoms with E-state index in [0.717, 1.165) is 12.8 Å². The Morgan fingerprint density at radius 2 is 1.53 bits per heavy atom. The van der Waals surface area contributed by atoms with Gasteiger partial charge in [-0.1, -0.05) is 27.7 Å². The number of carbonyl (C=O) groups excluding carboxylic acids is 1. The molecule has 0 aromatic carbocycles. The monoisotopic (exact) mass is 244 g/mol. The Kier molecular flexibility index (Phi) is 7.96. The second-order valence-electron chi connectivity index (χ2n) is 5.66. The molecule has 0 aromatic heterocycles. The number of urea groups is 1. The lowest BCUT2D eigenvalue weighted by atomic mass is 10.0. The highest BCUT2D eigenvalue weighted by Crippen LogP contribution is 2.05. The van der Waals surface area contributed by atoms with Crippen molar-refractivity contribution in [3.63, 3.8) is 0 Å². The van der Waals surface area contributed by atoms with Crippen molar-refractivity contribution in [2.24, 2.45) is 11.8 Å². The van der Waals surface area contributed by atoms with Crippen LogP contribution in [0.2, 0.25) is 0 Å². The van der Waals surface area contributed by atoms with Gasteiger partial charge >= 0.3 is 6.03 Å². The molecule has 0 aliphatic rings. The zero-order valence-corrected chi connectivity index (χ0v) is 11.8. The molecule has 0 bridgehead atoms. The maximum atomic E-state index is 11.7. The van der Waals surface area contributed by atoms with Crippen LogP contribution in [0.1, 0.15) is 47.5 Å². The van der Waals surface area contributed by atoms with Gasteiger partial charge in [0.05, 0.1) is 12.6 Å². The van der Waals surface area contributed by atoms with Crippen LogP contribution in [0, 0.1) is 11.8 Å². The predicted octanol–water partition coefficient (Wildman–Crippen LogP) is 2.13. The van der Waals surface area contributed by atoms with Crippen molar-refractivity contribution < 1.29 is 9.90 Å². The molecule has 0 aromatic rings. The van der Waals surface area contributed by atoms with Crippen molar-refractivity contribution in [1.29, 1.82) is 0 Å². The molecule has 0 aliphatic carbocycles. The molecule has 0 heterocycles. The van der Waals surface area contributed by atoms with Crippen LogP contribution in [0.4, 0.5) is 4.79 Å². The van der Waals surface area contributed by atoms with E-state index in [2.05, 4.69) is 38.3 Å². The van der Waals surface area contributed by atoms with Gasteiger partial charge in [0.1, 0.15) is 0 Å². The molecule has 0 saturated heterocycles. The Morgan fingerprint density at radius 1 is 1.00 bits per heavy atom. The van der Waals surface area contributed by atoms with Crippen molar-refractivity contribution in [3.8, 4) is 0 Å². The van der Waals surface area contributed by atoms with Crippen LogP contribution in [-0.4, -0.2) is 29.8 Å². The molecule has 2 amide bonds. The Morgan fingerprint density at radius 3 is 1.94 bits per heavy atom. The van der Waals surface area contributed by atoms with Gasteiger partial charge in [0.25, 0.3) is 0 Å². The molecular formula is C13H28N2O2. The third-order valence-corrected chi connectivity index (χ3v) is 2.51. The van der Waals surface area contributed by atoms with Crippen LogP contribution < -0.4 is 10.6 Å². The van der Waals surface area contributed by atoms with E-state index in [1.807, 2.05) is 6.92 Å². The number of carbonyl (C=O) groups is 1. The number of amides is 2. The summed E-state index contributed by atoms with van der Waals surface area (Å²) in [5, 5.41) is 14.9. The van der Waals surface area contributed by atoms with Crippen molar-refractivity contribution >= 4 is 6.03 Å². The lowest BCUT2D eigenvalue weighted by molar-refractivity contribution is 0.204. The first kappa shape index (κ1) is 16.2. The zero-order valence-electron chi connectivity index (χ0n) is 11.8. The molecule has 2 atom stereocenters. The molecule has 0 spiro atoms.